The zero-order valence-corrected chi connectivity index (χ0v) is 11.6. The van der Waals surface area contributed by atoms with Crippen molar-refractivity contribution in [1.29, 1.82) is 0 Å². The van der Waals surface area contributed by atoms with Crippen LogP contribution in [0.2, 0.25) is 0 Å². The van der Waals surface area contributed by atoms with Gasteiger partial charge < -0.3 is 4.74 Å². The summed E-state index contributed by atoms with van der Waals surface area (Å²) in [5.41, 5.74) is 0. The van der Waals surface area contributed by atoms with E-state index in [0.29, 0.717) is 6.61 Å². The molecule has 0 N–H and O–H groups in total. The molecule has 0 aromatic rings. The molecule has 1 unspecified atom stereocenters. The van der Waals surface area contributed by atoms with E-state index in [1.807, 2.05) is 0 Å². The molecule has 1 heterocycles. The van der Waals surface area contributed by atoms with Gasteiger partial charge in [-0.1, -0.05) is 0 Å². The summed E-state index contributed by atoms with van der Waals surface area (Å²) in [6, 6.07) is 0.0113. The lowest BCUT2D eigenvalue weighted by Gasteiger charge is -2.26. The van der Waals surface area contributed by atoms with E-state index in [2.05, 4.69) is 4.90 Å². The van der Waals surface area contributed by atoms with Crippen LogP contribution in [0.25, 0.3) is 0 Å². The van der Waals surface area contributed by atoms with Crippen LogP contribution in [0.3, 0.4) is 0 Å². The summed E-state index contributed by atoms with van der Waals surface area (Å²) >= 11 is 0. The van der Waals surface area contributed by atoms with Crippen LogP contribution in [0.5, 0.6) is 0 Å². The summed E-state index contributed by atoms with van der Waals surface area (Å²) < 4.78 is 34.2. The fraction of sp³-hybridized carbons (Fsp3) is 1.00. The van der Waals surface area contributed by atoms with Crippen molar-refractivity contribution >= 4 is 10.3 Å². The van der Waals surface area contributed by atoms with Crippen molar-refractivity contribution in [2.45, 2.75) is 18.9 Å². The molecule has 1 atom stereocenters. The number of hydrogen-bond acceptors (Lipinski definition) is 5. The van der Waals surface area contributed by atoms with Gasteiger partial charge in [0.05, 0.1) is 19.3 Å². The predicted molar refractivity (Wildman–Crippen MR) is 65.0 cm³/mol. The highest BCUT2D eigenvalue weighted by Crippen LogP contribution is 2.13. The highest BCUT2D eigenvalue weighted by Gasteiger charge is 2.25. The smallest absolute Gasteiger partial charge is 0.337 e. The van der Waals surface area contributed by atoms with E-state index >= 15 is 0 Å². The van der Waals surface area contributed by atoms with E-state index in [1.54, 1.807) is 7.11 Å². The fourth-order valence-electron chi connectivity index (χ4n) is 1.83. The van der Waals surface area contributed by atoms with Gasteiger partial charge in [0, 0.05) is 21.2 Å². The molecular formula is C10H22N2O4S. The Morgan fingerprint density at radius 2 is 1.82 bits per heavy atom. The Labute approximate surface area is 104 Å². The van der Waals surface area contributed by atoms with Crippen LogP contribution in [0, 0.1) is 0 Å². The molecule has 1 aliphatic rings. The molecule has 1 saturated heterocycles. The largest absolute Gasteiger partial charge is 0.383 e. The van der Waals surface area contributed by atoms with Gasteiger partial charge in [0.1, 0.15) is 0 Å². The van der Waals surface area contributed by atoms with Crippen LogP contribution in [0.4, 0.5) is 0 Å². The minimum absolute atomic E-state index is 0.0113. The third kappa shape index (κ3) is 4.51. The standard InChI is InChI=1S/C10H22N2O4S/c1-11(2)17(13,14)16-9-10(8-15-3)12-6-4-5-7-12/h10H,4-9H2,1-3H3. The molecule has 0 amide bonds. The van der Waals surface area contributed by atoms with Crippen LogP contribution in [-0.4, -0.2) is 71.2 Å². The third-order valence-electron chi connectivity index (χ3n) is 2.87. The Morgan fingerprint density at radius 1 is 1.24 bits per heavy atom. The quantitative estimate of drug-likeness (QED) is 0.645. The first-order chi connectivity index (χ1) is 7.97. The summed E-state index contributed by atoms with van der Waals surface area (Å²) in [5, 5.41) is 0. The number of methoxy groups -OCH3 is 1. The highest BCUT2D eigenvalue weighted by molar-refractivity contribution is 7.84. The summed E-state index contributed by atoms with van der Waals surface area (Å²) in [7, 11) is 0.934. The Hall–Kier alpha value is -0.210. The minimum Gasteiger partial charge on any atom is -0.383 e. The van der Waals surface area contributed by atoms with Crippen molar-refractivity contribution in [2.24, 2.45) is 0 Å². The minimum atomic E-state index is -3.59. The van der Waals surface area contributed by atoms with Crippen LogP contribution in [-0.2, 0) is 19.2 Å². The van der Waals surface area contributed by atoms with Gasteiger partial charge >= 0.3 is 10.3 Å². The van der Waals surface area contributed by atoms with E-state index in [4.69, 9.17) is 8.92 Å². The molecule has 7 heteroatoms. The molecule has 0 bridgehead atoms. The maximum absolute atomic E-state index is 11.5. The zero-order valence-electron chi connectivity index (χ0n) is 10.8. The molecule has 1 fully saturated rings. The topological polar surface area (TPSA) is 59.1 Å². The molecule has 17 heavy (non-hydrogen) atoms. The lowest BCUT2D eigenvalue weighted by molar-refractivity contribution is 0.0726. The summed E-state index contributed by atoms with van der Waals surface area (Å²) in [6.45, 7) is 2.61. The zero-order chi connectivity index (χ0) is 12.9. The number of likely N-dealkylation sites (tertiary alicyclic amines) is 1. The Balaban J connectivity index is 2.49. The molecule has 1 rings (SSSR count). The van der Waals surface area contributed by atoms with Crippen LogP contribution >= 0.6 is 0 Å². The maximum atomic E-state index is 11.5. The van der Waals surface area contributed by atoms with Crippen LogP contribution < -0.4 is 0 Å². The average Bonchev–Trinajstić information content (AvgIpc) is 2.77. The predicted octanol–water partition coefficient (Wildman–Crippen LogP) is -0.0798. The first-order valence-electron chi connectivity index (χ1n) is 5.77. The van der Waals surface area contributed by atoms with Crippen molar-refractivity contribution in [2.75, 3.05) is 47.5 Å². The average molecular weight is 266 g/mol. The summed E-state index contributed by atoms with van der Waals surface area (Å²) in [4.78, 5) is 2.22. The molecule has 0 radical (unpaired) electrons. The van der Waals surface area contributed by atoms with Gasteiger partial charge in [-0.2, -0.15) is 12.7 Å². The van der Waals surface area contributed by atoms with E-state index in [9.17, 15) is 8.42 Å². The first kappa shape index (κ1) is 14.8. The molecule has 0 aromatic carbocycles. The molecular weight excluding hydrogens is 244 g/mol. The number of rotatable bonds is 7. The van der Waals surface area contributed by atoms with Gasteiger partial charge in [-0.3, -0.25) is 9.08 Å². The molecule has 0 aliphatic carbocycles. The summed E-state index contributed by atoms with van der Waals surface area (Å²) in [6.07, 6.45) is 2.31. The second-order valence-electron chi connectivity index (χ2n) is 4.38. The van der Waals surface area contributed by atoms with Crippen molar-refractivity contribution < 1.29 is 17.3 Å². The second kappa shape index (κ2) is 6.65. The van der Waals surface area contributed by atoms with Gasteiger partial charge in [0.15, 0.2) is 0 Å². The molecule has 1 aliphatic heterocycles. The monoisotopic (exact) mass is 266 g/mol. The number of nitrogens with zero attached hydrogens (tertiary/aromatic N) is 2. The van der Waals surface area contributed by atoms with Crippen molar-refractivity contribution in [3.05, 3.63) is 0 Å². The van der Waals surface area contributed by atoms with E-state index in [0.717, 1.165) is 30.2 Å². The molecule has 0 saturated carbocycles. The highest BCUT2D eigenvalue weighted by atomic mass is 32.2. The lowest BCUT2D eigenvalue weighted by Crippen LogP contribution is -2.41. The SMILES string of the molecule is COCC(COS(=O)(=O)N(C)C)N1CCCC1. The van der Waals surface area contributed by atoms with Crippen molar-refractivity contribution in [3.63, 3.8) is 0 Å². The maximum Gasteiger partial charge on any atom is 0.337 e. The van der Waals surface area contributed by atoms with Crippen LogP contribution in [0.1, 0.15) is 12.8 Å². The van der Waals surface area contributed by atoms with E-state index < -0.39 is 10.3 Å². The Bertz CT molecular complexity index is 312. The van der Waals surface area contributed by atoms with Gasteiger partial charge in [0.2, 0.25) is 0 Å². The number of hydrogen-bond donors (Lipinski definition) is 0. The third-order valence-corrected chi connectivity index (χ3v) is 4.20. The Kier molecular flexibility index (Phi) is 5.81. The molecule has 6 nitrogen and oxygen atoms in total. The van der Waals surface area contributed by atoms with Gasteiger partial charge in [-0.15, -0.1) is 0 Å². The van der Waals surface area contributed by atoms with E-state index in [1.165, 1.54) is 14.1 Å². The van der Waals surface area contributed by atoms with Crippen molar-refractivity contribution in [3.8, 4) is 0 Å². The lowest BCUT2D eigenvalue weighted by atomic mass is 10.3. The summed E-state index contributed by atoms with van der Waals surface area (Å²) in [5.74, 6) is 0. The fourth-order valence-corrected chi connectivity index (χ4v) is 2.37. The normalized spacial score (nSPS) is 20.0. The van der Waals surface area contributed by atoms with Gasteiger partial charge in [-0.25, -0.2) is 0 Å². The first-order valence-corrected chi connectivity index (χ1v) is 7.13. The van der Waals surface area contributed by atoms with E-state index in [-0.39, 0.29) is 12.6 Å². The molecule has 0 aromatic heterocycles. The van der Waals surface area contributed by atoms with Gasteiger partial charge in [0.25, 0.3) is 0 Å². The molecule has 102 valence electrons. The Morgan fingerprint density at radius 3 is 2.29 bits per heavy atom. The van der Waals surface area contributed by atoms with Crippen molar-refractivity contribution in [1.82, 2.24) is 9.21 Å². The number of ether oxygens (including phenoxy) is 1. The van der Waals surface area contributed by atoms with Gasteiger partial charge in [-0.05, 0) is 25.9 Å². The second-order valence-corrected chi connectivity index (χ2v) is 6.20. The van der Waals surface area contributed by atoms with Crippen LogP contribution in [0.15, 0.2) is 0 Å². The molecule has 0 spiro atoms.